The van der Waals surface area contributed by atoms with Crippen molar-refractivity contribution in [2.24, 2.45) is 0 Å². The first-order valence-electron chi connectivity index (χ1n) is 7.21. The van der Waals surface area contributed by atoms with Crippen LogP contribution in [-0.4, -0.2) is 30.9 Å². The summed E-state index contributed by atoms with van der Waals surface area (Å²) in [5.41, 5.74) is 0.726. The van der Waals surface area contributed by atoms with Crippen molar-refractivity contribution in [3.8, 4) is 0 Å². The lowest BCUT2D eigenvalue weighted by atomic mass is 10.2. The van der Waals surface area contributed by atoms with Gasteiger partial charge in [-0.05, 0) is 50.1 Å². The minimum absolute atomic E-state index is 0.0330. The first-order chi connectivity index (χ1) is 10.1. The summed E-state index contributed by atoms with van der Waals surface area (Å²) in [5.74, 6) is -0.0313. The second kappa shape index (κ2) is 8.00. The molecule has 1 atom stereocenters. The third-order valence-corrected chi connectivity index (χ3v) is 3.64. The summed E-state index contributed by atoms with van der Waals surface area (Å²) in [5, 5.41) is 9.42. The number of hydrogen-bond donors (Lipinski definition) is 3. The molecule has 2 amide bonds. The molecule has 6 heteroatoms. The van der Waals surface area contributed by atoms with E-state index in [1.807, 2.05) is 0 Å². The lowest BCUT2D eigenvalue weighted by Gasteiger charge is -2.11. The maximum atomic E-state index is 11.7. The van der Waals surface area contributed by atoms with Gasteiger partial charge >= 0.3 is 0 Å². The number of carbonyl (C=O) groups is 2. The molecule has 3 N–H and O–H groups in total. The van der Waals surface area contributed by atoms with Crippen molar-refractivity contribution in [2.45, 2.75) is 31.7 Å². The molecule has 0 bridgehead atoms. The van der Waals surface area contributed by atoms with Crippen LogP contribution in [0.2, 0.25) is 5.02 Å². The Morgan fingerprint density at radius 3 is 2.71 bits per heavy atom. The molecule has 114 valence electrons. The molecule has 1 aliphatic heterocycles. The summed E-state index contributed by atoms with van der Waals surface area (Å²) in [6, 6.07) is 6.91. The summed E-state index contributed by atoms with van der Waals surface area (Å²) in [6.45, 7) is 1.42. The van der Waals surface area contributed by atoms with Gasteiger partial charge in [0.05, 0.1) is 6.04 Å². The fraction of sp³-hybridized carbons (Fsp3) is 0.467. The Morgan fingerprint density at radius 2 is 2.05 bits per heavy atom. The highest BCUT2D eigenvalue weighted by Gasteiger charge is 2.21. The number of benzene rings is 1. The third kappa shape index (κ3) is 5.36. The van der Waals surface area contributed by atoms with Crippen LogP contribution in [0.15, 0.2) is 24.3 Å². The summed E-state index contributed by atoms with van der Waals surface area (Å²) in [4.78, 5) is 23.5. The predicted octanol–water partition coefficient (Wildman–Crippen LogP) is 1.93. The van der Waals surface area contributed by atoms with E-state index in [2.05, 4.69) is 16.0 Å². The standard InChI is InChI=1S/C15H20ClN3O2/c16-11-5-7-12(8-6-11)19-14(20)4-2-10-18-15(21)13-3-1-9-17-13/h5-8,13,17H,1-4,9-10H2,(H,18,21)(H,19,20). The molecular formula is C15H20ClN3O2. The largest absolute Gasteiger partial charge is 0.355 e. The molecule has 1 saturated heterocycles. The predicted molar refractivity (Wildman–Crippen MR) is 83.4 cm³/mol. The summed E-state index contributed by atoms with van der Waals surface area (Å²) >= 11 is 5.78. The Bertz CT molecular complexity index is 484. The van der Waals surface area contributed by atoms with Crippen LogP contribution in [-0.2, 0) is 9.59 Å². The maximum Gasteiger partial charge on any atom is 0.237 e. The molecule has 0 aromatic heterocycles. The molecule has 1 heterocycles. The van der Waals surface area contributed by atoms with E-state index in [1.54, 1.807) is 24.3 Å². The molecule has 0 saturated carbocycles. The van der Waals surface area contributed by atoms with E-state index in [4.69, 9.17) is 11.6 Å². The first-order valence-corrected chi connectivity index (χ1v) is 7.59. The van der Waals surface area contributed by atoms with Gasteiger partial charge in [0.15, 0.2) is 0 Å². The zero-order chi connectivity index (χ0) is 15.1. The molecule has 2 rings (SSSR count). The van der Waals surface area contributed by atoms with Gasteiger partial charge in [-0.3, -0.25) is 9.59 Å². The number of rotatable bonds is 6. The molecule has 0 radical (unpaired) electrons. The average Bonchev–Trinajstić information content (AvgIpc) is 3.00. The average molecular weight is 310 g/mol. The summed E-state index contributed by atoms with van der Waals surface area (Å²) < 4.78 is 0. The Balaban J connectivity index is 1.60. The number of carbonyl (C=O) groups excluding carboxylic acids is 2. The van der Waals surface area contributed by atoms with E-state index in [0.29, 0.717) is 24.4 Å². The summed E-state index contributed by atoms with van der Waals surface area (Å²) in [7, 11) is 0. The van der Waals surface area contributed by atoms with E-state index >= 15 is 0 Å². The molecule has 0 aliphatic carbocycles. The van der Waals surface area contributed by atoms with Crippen LogP contribution < -0.4 is 16.0 Å². The number of nitrogens with one attached hydrogen (secondary N) is 3. The van der Waals surface area contributed by atoms with Gasteiger partial charge in [0, 0.05) is 23.7 Å². The smallest absolute Gasteiger partial charge is 0.237 e. The van der Waals surface area contributed by atoms with Crippen LogP contribution in [0.25, 0.3) is 0 Å². The fourth-order valence-electron chi connectivity index (χ4n) is 2.25. The maximum absolute atomic E-state index is 11.7. The lowest BCUT2D eigenvalue weighted by Crippen LogP contribution is -2.40. The van der Waals surface area contributed by atoms with Crippen LogP contribution in [0.1, 0.15) is 25.7 Å². The van der Waals surface area contributed by atoms with Crippen molar-refractivity contribution >= 4 is 29.1 Å². The van der Waals surface area contributed by atoms with Crippen molar-refractivity contribution in [1.29, 1.82) is 0 Å². The zero-order valence-corrected chi connectivity index (χ0v) is 12.6. The van der Waals surface area contributed by atoms with E-state index in [0.717, 1.165) is 25.1 Å². The highest BCUT2D eigenvalue weighted by atomic mass is 35.5. The SMILES string of the molecule is O=C(CCCNC(=O)C1CCCN1)Nc1ccc(Cl)cc1. The number of halogens is 1. The van der Waals surface area contributed by atoms with Crippen molar-refractivity contribution in [2.75, 3.05) is 18.4 Å². The molecular weight excluding hydrogens is 290 g/mol. The normalized spacial score (nSPS) is 17.5. The minimum Gasteiger partial charge on any atom is -0.355 e. The second-order valence-corrected chi connectivity index (χ2v) is 5.54. The number of hydrogen-bond acceptors (Lipinski definition) is 3. The van der Waals surface area contributed by atoms with Crippen LogP contribution in [0.5, 0.6) is 0 Å². The topological polar surface area (TPSA) is 70.2 Å². The molecule has 1 aromatic carbocycles. The van der Waals surface area contributed by atoms with E-state index < -0.39 is 0 Å². The lowest BCUT2D eigenvalue weighted by molar-refractivity contribution is -0.123. The highest BCUT2D eigenvalue weighted by Crippen LogP contribution is 2.13. The quantitative estimate of drug-likeness (QED) is 0.703. The van der Waals surface area contributed by atoms with Gasteiger partial charge in [-0.15, -0.1) is 0 Å². The Labute approximate surface area is 129 Å². The summed E-state index contributed by atoms with van der Waals surface area (Å²) in [6.07, 6.45) is 2.93. The van der Waals surface area contributed by atoms with Gasteiger partial charge in [-0.25, -0.2) is 0 Å². The van der Waals surface area contributed by atoms with Gasteiger partial charge in [0.25, 0.3) is 0 Å². The van der Waals surface area contributed by atoms with Crippen LogP contribution in [0.4, 0.5) is 5.69 Å². The number of amides is 2. The second-order valence-electron chi connectivity index (χ2n) is 5.10. The van der Waals surface area contributed by atoms with Gasteiger partial charge in [-0.1, -0.05) is 11.6 Å². The molecule has 21 heavy (non-hydrogen) atoms. The van der Waals surface area contributed by atoms with Gasteiger partial charge in [0.1, 0.15) is 0 Å². The van der Waals surface area contributed by atoms with E-state index in [9.17, 15) is 9.59 Å². The van der Waals surface area contributed by atoms with Crippen molar-refractivity contribution in [3.63, 3.8) is 0 Å². The zero-order valence-electron chi connectivity index (χ0n) is 11.8. The van der Waals surface area contributed by atoms with Crippen LogP contribution >= 0.6 is 11.6 Å². The van der Waals surface area contributed by atoms with Crippen molar-refractivity contribution < 1.29 is 9.59 Å². The monoisotopic (exact) mass is 309 g/mol. The van der Waals surface area contributed by atoms with Crippen LogP contribution in [0.3, 0.4) is 0 Å². The molecule has 5 nitrogen and oxygen atoms in total. The van der Waals surface area contributed by atoms with Crippen molar-refractivity contribution in [3.05, 3.63) is 29.3 Å². The first kappa shape index (κ1) is 15.8. The van der Waals surface area contributed by atoms with Crippen molar-refractivity contribution in [1.82, 2.24) is 10.6 Å². The fourth-order valence-corrected chi connectivity index (χ4v) is 2.37. The van der Waals surface area contributed by atoms with Gasteiger partial charge in [-0.2, -0.15) is 0 Å². The molecule has 1 aromatic rings. The van der Waals surface area contributed by atoms with Gasteiger partial charge < -0.3 is 16.0 Å². The number of anilines is 1. The van der Waals surface area contributed by atoms with Crippen LogP contribution in [0, 0.1) is 0 Å². The molecule has 1 aliphatic rings. The van der Waals surface area contributed by atoms with Gasteiger partial charge in [0.2, 0.25) is 11.8 Å². The molecule has 1 unspecified atom stereocenters. The van der Waals surface area contributed by atoms with E-state index in [-0.39, 0.29) is 17.9 Å². The van der Waals surface area contributed by atoms with E-state index in [1.165, 1.54) is 0 Å². The Hall–Kier alpha value is -1.59. The highest BCUT2D eigenvalue weighted by molar-refractivity contribution is 6.30. The minimum atomic E-state index is -0.0643. The molecule has 1 fully saturated rings. The Morgan fingerprint density at radius 1 is 1.29 bits per heavy atom. The molecule has 0 spiro atoms. The Kier molecular flexibility index (Phi) is 6.02. The third-order valence-electron chi connectivity index (χ3n) is 3.38.